The predicted octanol–water partition coefficient (Wildman–Crippen LogP) is -1.96. The molecule has 18 heavy (non-hydrogen) atoms. The summed E-state index contributed by atoms with van der Waals surface area (Å²) in [6.45, 7) is 0.885. The number of aliphatic hydroxyl groups is 1. The van der Waals surface area contributed by atoms with Crippen LogP contribution in [0.4, 0.5) is 5.82 Å². The molecule has 2 N–H and O–H groups in total. The first kappa shape index (κ1) is 12.8. The second-order valence-corrected chi connectivity index (χ2v) is 4.50. The number of rotatable bonds is 3. The summed E-state index contributed by atoms with van der Waals surface area (Å²) in [5.41, 5.74) is -1.99. The molecule has 2 heterocycles. The lowest BCUT2D eigenvalue weighted by Crippen LogP contribution is -2.43. The normalized spacial score (nSPS) is 23.3. The fraction of sp³-hybridized carbons (Fsp3) is 0.700. The predicted molar refractivity (Wildman–Crippen MR) is 63.6 cm³/mol. The van der Waals surface area contributed by atoms with Gasteiger partial charge >= 0.3 is 5.69 Å². The van der Waals surface area contributed by atoms with E-state index in [4.69, 9.17) is 4.74 Å². The van der Waals surface area contributed by atoms with Gasteiger partial charge in [-0.15, -0.1) is 5.10 Å². The molecule has 1 unspecified atom stereocenters. The van der Waals surface area contributed by atoms with Crippen molar-refractivity contribution >= 4 is 5.82 Å². The van der Waals surface area contributed by atoms with Gasteiger partial charge in [-0.1, -0.05) is 0 Å². The van der Waals surface area contributed by atoms with Gasteiger partial charge in [0.2, 0.25) is 5.82 Å². The Morgan fingerprint density at radius 3 is 2.83 bits per heavy atom. The molecule has 0 radical (unpaired) electrons. The van der Waals surface area contributed by atoms with E-state index < -0.39 is 16.9 Å². The van der Waals surface area contributed by atoms with E-state index >= 15 is 0 Å². The molecule has 2 rings (SSSR count). The second kappa shape index (κ2) is 4.54. The number of ether oxygens (including phenoxy) is 1. The fourth-order valence-corrected chi connectivity index (χ4v) is 1.79. The molecule has 0 aliphatic carbocycles. The van der Waals surface area contributed by atoms with E-state index in [1.165, 1.54) is 14.1 Å². The van der Waals surface area contributed by atoms with Gasteiger partial charge in [-0.3, -0.25) is 9.36 Å². The Balaban J connectivity index is 2.20. The summed E-state index contributed by atoms with van der Waals surface area (Å²) in [5, 5.41) is 16.6. The number of hydrogen-bond acceptors (Lipinski definition) is 6. The first-order chi connectivity index (χ1) is 8.43. The van der Waals surface area contributed by atoms with Gasteiger partial charge in [0.25, 0.3) is 5.56 Å². The molecule has 1 atom stereocenters. The monoisotopic (exact) mass is 256 g/mol. The van der Waals surface area contributed by atoms with Crippen molar-refractivity contribution in [3.63, 3.8) is 0 Å². The third-order valence-electron chi connectivity index (χ3n) is 2.99. The number of nitrogens with zero attached hydrogens (tertiary/aromatic N) is 3. The molecule has 8 nitrogen and oxygen atoms in total. The van der Waals surface area contributed by atoms with Crippen LogP contribution in [-0.4, -0.2) is 44.8 Å². The highest BCUT2D eigenvalue weighted by Crippen LogP contribution is 2.17. The molecule has 0 amide bonds. The van der Waals surface area contributed by atoms with Crippen LogP contribution >= 0.6 is 0 Å². The molecule has 1 aliphatic rings. The molecule has 0 bridgehead atoms. The molecule has 1 aromatic heterocycles. The van der Waals surface area contributed by atoms with Gasteiger partial charge in [-0.2, -0.15) is 0 Å². The topological polar surface area (TPSA) is 98.4 Å². The van der Waals surface area contributed by atoms with Gasteiger partial charge in [0, 0.05) is 33.7 Å². The standard InChI is InChI=1S/C10H16N4O4/c1-13-8(15)7(12-14(2)9(13)16)11-5-10(17)3-4-18-6-10/h17H,3-6H2,1-2H3,(H,11,12). The first-order valence-corrected chi connectivity index (χ1v) is 5.61. The summed E-state index contributed by atoms with van der Waals surface area (Å²) >= 11 is 0. The quantitative estimate of drug-likeness (QED) is 0.652. The zero-order chi connectivity index (χ0) is 13.3. The molecule has 1 aliphatic heterocycles. The van der Waals surface area contributed by atoms with Crippen LogP contribution in [0.2, 0.25) is 0 Å². The number of hydrogen-bond donors (Lipinski definition) is 2. The zero-order valence-electron chi connectivity index (χ0n) is 10.3. The van der Waals surface area contributed by atoms with Crippen molar-refractivity contribution in [1.29, 1.82) is 0 Å². The zero-order valence-corrected chi connectivity index (χ0v) is 10.3. The van der Waals surface area contributed by atoms with Crippen LogP contribution in [-0.2, 0) is 18.8 Å². The lowest BCUT2D eigenvalue weighted by Gasteiger charge is -2.20. The summed E-state index contributed by atoms with van der Waals surface area (Å²) in [6.07, 6.45) is 0.506. The van der Waals surface area contributed by atoms with Crippen LogP contribution in [0.3, 0.4) is 0 Å². The highest BCUT2D eigenvalue weighted by Gasteiger charge is 2.32. The minimum absolute atomic E-state index is 0.0416. The Labute approximate surface area is 103 Å². The van der Waals surface area contributed by atoms with Crippen molar-refractivity contribution in [2.75, 3.05) is 25.1 Å². The molecule has 0 spiro atoms. The van der Waals surface area contributed by atoms with Crippen LogP contribution in [0.1, 0.15) is 6.42 Å². The van der Waals surface area contributed by atoms with Crippen molar-refractivity contribution in [1.82, 2.24) is 14.3 Å². The van der Waals surface area contributed by atoms with Crippen LogP contribution in [0.5, 0.6) is 0 Å². The van der Waals surface area contributed by atoms with Gasteiger partial charge in [-0.05, 0) is 0 Å². The van der Waals surface area contributed by atoms with Crippen molar-refractivity contribution in [3.05, 3.63) is 20.8 Å². The van der Waals surface area contributed by atoms with Crippen molar-refractivity contribution in [2.24, 2.45) is 14.1 Å². The number of aryl methyl sites for hydroxylation is 1. The Morgan fingerprint density at radius 2 is 2.22 bits per heavy atom. The summed E-state index contributed by atoms with van der Waals surface area (Å²) in [7, 11) is 2.84. The SMILES string of the molecule is Cn1nc(NCC2(O)CCOC2)c(=O)n(C)c1=O. The van der Waals surface area contributed by atoms with Crippen LogP contribution in [0.25, 0.3) is 0 Å². The van der Waals surface area contributed by atoms with Gasteiger partial charge in [-0.25, -0.2) is 9.48 Å². The molecule has 0 aromatic carbocycles. The fourth-order valence-electron chi connectivity index (χ4n) is 1.79. The molecular formula is C10H16N4O4. The summed E-state index contributed by atoms with van der Waals surface area (Å²) in [4.78, 5) is 23.2. The minimum Gasteiger partial charge on any atom is -0.386 e. The van der Waals surface area contributed by atoms with E-state index in [1.54, 1.807) is 0 Å². The Hall–Kier alpha value is -1.67. The largest absolute Gasteiger partial charge is 0.386 e. The van der Waals surface area contributed by atoms with Gasteiger partial charge in [0.05, 0.1) is 6.61 Å². The third-order valence-corrected chi connectivity index (χ3v) is 2.99. The number of aromatic nitrogens is 3. The maximum atomic E-state index is 11.8. The van der Waals surface area contributed by atoms with Gasteiger partial charge < -0.3 is 15.2 Å². The molecule has 1 aromatic rings. The third kappa shape index (κ3) is 2.29. The average Bonchev–Trinajstić information content (AvgIpc) is 2.77. The van der Waals surface area contributed by atoms with Crippen LogP contribution < -0.4 is 16.6 Å². The van der Waals surface area contributed by atoms with Gasteiger partial charge in [0.1, 0.15) is 5.60 Å². The average molecular weight is 256 g/mol. The summed E-state index contributed by atoms with van der Waals surface area (Å²) in [5.74, 6) is 0.0416. The minimum atomic E-state index is -0.985. The second-order valence-electron chi connectivity index (χ2n) is 4.50. The Morgan fingerprint density at radius 1 is 1.50 bits per heavy atom. The highest BCUT2D eigenvalue weighted by molar-refractivity contribution is 5.30. The summed E-state index contributed by atoms with van der Waals surface area (Å²) < 4.78 is 7.13. The van der Waals surface area contributed by atoms with Crippen molar-refractivity contribution < 1.29 is 9.84 Å². The first-order valence-electron chi connectivity index (χ1n) is 5.61. The number of nitrogens with one attached hydrogen (secondary N) is 1. The van der Waals surface area contributed by atoms with E-state index in [-0.39, 0.29) is 19.0 Å². The smallest absolute Gasteiger partial charge is 0.346 e. The Kier molecular flexibility index (Phi) is 3.22. The molecular weight excluding hydrogens is 240 g/mol. The number of anilines is 1. The molecule has 100 valence electrons. The lowest BCUT2D eigenvalue weighted by atomic mass is 10.0. The van der Waals surface area contributed by atoms with E-state index in [0.717, 1.165) is 9.25 Å². The van der Waals surface area contributed by atoms with Crippen LogP contribution in [0, 0.1) is 0 Å². The van der Waals surface area contributed by atoms with Crippen molar-refractivity contribution in [2.45, 2.75) is 12.0 Å². The van der Waals surface area contributed by atoms with E-state index in [0.29, 0.717) is 13.0 Å². The van der Waals surface area contributed by atoms with E-state index in [2.05, 4.69) is 10.4 Å². The molecule has 1 saturated heterocycles. The summed E-state index contributed by atoms with van der Waals surface area (Å²) in [6, 6.07) is 0. The molecule has 8 heteroatoms. The molecule has 0 saturated carbocycles. The van der Waals surface area contributed by atoms with Crippen molar-refractivity contribution in [3.8, 4) is 0 Å². The maximum absolute atomic E-state index is 11.8. The lowest BCUT2D eigenvalue weighted by molar-refractivity contribution is 0.0380. The maximum Gasteiger partial charge on any atom is 0.346 e. The highest BCUT2D eigenvalue weighted by atomic mass is 16.5. The van der Waals surface area contributed by atoms with Crippen LogP contribution in [0.15, 0.2) is 9.59 Å². The van der Waals surface area contributed by atoms with E-state index in [9.17, 15) is 14.7 Å². The molecule has 1 fully saturated rings. The Bertz CT molecular complexity index is 556. The van der Waals surface area contributed by atoms with E-state index in [1.807, 2.05) is 0 Å². The van der Waals surface area contributed by atoms with Gasteiger partial charge in [0.15, 0.2) is 0 Å².